The second kappa shape index (κ2) is 14.8. The Bertz CT molecular complexity index is 1570. The molecule has 9 heteroatoms. The van der Waals surface area contributed by atoms with Gasteiger partial charge in [0.05, 0.1) is 10.6 Å². The first kappa shape index (κ1) is 31.0. The molecule has 4 aromatic rings. The number of hydrogen-bond acceptors (Lipinski definition) is 4. The van der Waals surface area contributed by atoms with E-state index in [0.717, 1.165) is 26.3 Å². The quantitative estimate of drug-likeness (QED) is 0.198. The Hall–Kier alpha value is -3.95. The van der Waals surface area contributed by atoms with Crippen LogP contribution in [-0.2, 0) is 32.6 Å². The van der Waals surface area contributed by atoms with Crippen LogP contribution in [0.2, 0.25) is 0 Å². The van der Waals surface area contributed by atoms with Crippen LogP contribution in [0.4, 0.5) is 5.69 Å². The molecule has 0 spiro atoms. The van der Waals surface area contributed by atoms with Crippen molar-refractivity contribution in [3.8, 4) is 0 Å². The molecule has 0 saturated carbocycles. The molecule has 0 unspecified atom stereocenters. The Morgan fingerprint density at radius 2 is 1.40 bits per heavy atom. The second-order valence-corrected chi connectivity index (χ2v) is 12.6. The summed E-state index contributed by atoms with van der Waals surface area (Å²) in [5.41, 5.74) is 2.04. The topological polar surface area (TPSA) is 86.8 Å². The summed E-state index contributed by atoms with van der Waals surface area (Å²) in [7, 11) is -4.10. The van der Waals surface area contributed by atoms with Crippen molar-refractivity contribution in [3.05, 3.63) is 131 Å². The van der Waals surface area contributed by atoms with Gasteiger partial charge in [0.25, 0.3) is 10.0 Å². The van der Waals surface area contributed by atoms with E-state index in [1.54, 1.807) is 48.5 Å². The van der Waals surface area contributed by atoms with Gasteiger partial charge in [-0.25, -0.2) is 8.42 Å². The number of amides is 2. The molecule has 0 heterocycles. The first-order valence-corrected chi connectivity index (χ1v) is 16.0. The van der Waals surface area contributed by atoms with E-state index in [-0.39, 0.29) is 23.8 Å². The van der Waals surface area contributed by atoms with E-state index in [0.29, 0.717) is 12.2 Å². The van der Waals surface area contributed by atoms with Gasteiger partial charge in [-0.1, -0.05) is 102 Å². The predicted molar refractivity (Wildman–Crippen MR) is 169 cm³/mol. The monoisotopic (exact) mass is 647 g/mol. The molecule has 218 valence electrons. The molecule has 7 nitrogen and oxygen atoms in total. The van der Waals surface area contributed by atoms with Gasteiger partial charge in [-0.2, -0.15) is 0 Å². The van der Waals surface area contributed by atoms with Gasteiger partial charge in [-0.05, 0) is 53.9 Å². The fraction of sp³-hybridized carbons (Fsp3) is 0.212. The molecule has 0 aliphatic rings. The summed E-state index contributed by atoms with van der Waals surface area (Å²) >= 11 is 3.50. The summed E-state index contributed by atoms with van der Waals surface area (Å²) in [6.45, 7) is 2.05. The van der Waals surface area contributed by atoms with Gasteiger partial charge in [-0.3, -0.25) is 13.9 Å². The van der Waals surface area contributed by atoms with Crippen molar-refractivity contribution in [3.63, 3.8) is 0 Å². The lowest BCUT2D eigenvalue weighted by atomic mass is 10.0. The van der Waals surface area contributed by atoms with Gasteiger partial charge >= 0.3 is 0 Å². The summed E-state index contributed by atoms with van der Waals surface area (Å²) in [6.07, 6.45) is 1.01. The normalized spacial score (nSPS) is 11.9. The molecular formula is C33H34BrN3O4S. The van der Waals surface area contributed by atoms with Crippen LogP contribution < -0.4 is 9.62 Å². The molecule has 1 atom stereocenters. The van der Waals surface area contributed by atoms with E-state index in [1.165, 1.54) is 17.0 Å². The maximum absolute atomic E-state index is 14.3. The number of benzene rings is 4. The molecule has 0 aliphatic heterocycles. The lowest BCUT2D eigenvalue weighted by Crippen LogP contribution is -2.53. The number of carbonyl (C=O) groups is 2. The van der Waals surface area contributed by atoms with Crippen molar-refractivity contribution in [1.82, 2.24) is 10.2 Å². The molecule has 0 radical (unpaired) electrons. The summed E-state index contributed by atoms with van der Waals surface area (Å²) in [5, 5.41) is 2.95. The fourth-order valence-electron chi connectivity index (χ4n) is 4.59. The molecule has 0 bridgehead atoms. The molecule has 0 aliphatic carbocycles. The Labute approximate surface area is 256 Å². The third kappa shape index (κ3) is 8.08. The van der Waals surface area contributed by atoms with Crippen LogP contribution in [0.3, 0.4) is 0 Å². The average Bonchev–Trinajstić information content (AvgIpc) is 3.01. The fourth-order valence-corrected chi connectivity index (χ4v) is 6.48. The van der Waals surface area contributed by atoms with Gasteiger partial charge in [0.15, 0.2) is 0 Å². The van der Waals surface area contributed by atoms with E-state index in [4.69, 9.17) is 0 Å². The molecule has 0 saturated heterocycles. The number of para-hydroxylation sites is 1. The van der Waals surface area contributed by atoms with Crippen LogP contribution in [0, 0.1) is 0 Å². The largest absolute Gasteiger partial charge is 0.354 e. The predicted octanol–water partition coefficient (Wildman–Crippen LogP) is 5.81. The van der Waals surface area contributed by atoms with Crippen molar-refractivity contribution in [2.75, 3.05) is 17.4 Å². The highest BCUT2D eigenvalue weighted by Crippen LogP contribution is 2.25. The van der Waals surface area contributed by atoms with Crippen LogP contribution in [0.1, 0.15) is 24.5 Å². The van der Waals surface area contributed by atoms with Crippen LogP contribution in [0.15, 0.2) is 125 Å². The van der Waals surface area contributed by atoms with E-state index in [1.807, 2.05) is 61.5 Å². The number of carbonyl (C=O) groups excluding carboxylic acids is 2. The minimum atomic E-state index is -4.10. The highest BCUT2D eigenvalue weighted by molar-refractivity contribution is 9.10. The third-order valence-electron chi connectivity index (χ3n) is 6.72. The maximum Gasteiger partial charge on any atom is 0.264 e. The zero-order chi connectivity index (χ0) is 30.0. The highest BCUT2D eigenvalue weighted by atomic mass is 79.9. The second-order valence-electron chi connectivity index (χ2n) is 9.81. The van der Waals surface area contributed by atoms with Gasteiger partial charge < -0.3 is 10.2 Å². The van der Waals surface area contributed by atoms with Crippen LogP contribution in [0.25, 0.3) is 0 Å². The molecule has 0 fully saturated rings. The molecule has 4 aromatic carbocycles. The molecule has 2 amide bonds. The Kier molecular flexibility index (Phi) is 10.9. The highest BCUT2D eigenvalue weighted by Gasteiger charge is 2.34. The molecule has 0 aromatic heterocycles. The van der Waals surface area contributed by atoms with Gasteiger partial charge in [0.2, 0.25) is 11.8 Å². The third-order valence-corrected chi connectivity index (χ3v) is 9.00. The lowest BCUT2D eigenvalue weighted by Gasteiger charge is -2.34. The number of halogens is 1. The number of rotatable bonds is 13. The van der Waals surface area contributed by atoms with Crippen molar-refractivity contribution < 1.29 is 18.0 Å². The first-order valence-electron chi connectivity index (χ1n) is 13.8. The molecule has 1 N–H and O–H groups in total. The number of anilines is 1. The smallest absolute Gasteiger partial charge is 0.264 e. The number of hydrogen-bond donors (Lipinski definition) is 1. The van der Waals surface area contributed by atoms with E-state index in [9.17, 15) is 18.0 Å². The zero-order valence-corrected chi connectivity index (χ0v) is 25.8. The van der Waals surface area contributed by atoms with Gasteiger partial charge in [0, 0.05) is 24.0 Å². The van der Waals surface area contributed by atoms with Crippen molar-refractivity contribution in [2.45, 2.75) is 37.2 Å². The number of nitrogens with one attached hydrogen (secondary N) is 1. The molecule has 4 rings (SSSR count). The lowest BCUT2D eigenvalue weighted by molar-refractivity contribution is -0.140. The minimum Gasteiger partial charge on any atom is -0.354 e. The van der Waals surface area contributed by atoms with Crippen LogP contribution >= 0.6 is 15.9 Å². The standard InChI is InChI=1S/C33H34BrN3O4S/c1-2-21-35-33(39)31(23-26-13-6-3-7-14-26)36(24-27-15-12-16-28(34)22-27)32(38)25-37(29-17-8-4-9-18-29)42(40,41)30-19-10-5-11-20-30/h3-20,22,31H,2,21,23-25H2,1H3,(H,35,39)/t31-/m1/s1. The minimum absolute atomic E-state index is 0.0710. The summed E-state index contributed by atoms with van der Waals surface area (Å²) < 4.78 is 29.7. The number of nitrogens with zero attached hydrogens (tertiary/aromatic N) is 2. The van der Waals surface area contributed by atoms with E-state index in [2.05, 4.69) is 21.2 Å². The molecular weight excluding hydrogens is 614 g/mol. The number of sulfonamides is 1. The maximum atomic E-state index is 14.3. The summed E-state index contributed by atoms with van der Waals surface area (Å²) in [6, 6.07) is 32.7. The SMILES string of the molecule is CCCNC(=O)[C@@H](Cc1ccccc1)N(Cc1cccc(Br)c1)C(=O)CN(c1ccccc1)S(=O)(=O)c1ccccc1. The Morgan fingerprint density at radius 1 is 0.810 bits per heavy atom. The first-order chi connectivity index (χ1) is 20.3. The van der Waals surface area contributed by atoms with Gasteiger partial charge in [0.1, 0.15) is 12.6 Å². The average molecular weight is 649 g/mol. The van der Waals surface area contributed by atoms with Crippen LogP contribution in [0.5, 0.6) is 0 Å². The molecule has 42 heavy (non-hydrogen) atoms. The summed E-state index contributed by atoms with van der Waals surface area (Å²) in [4.78, 5) is 29.5. The van der Waals surface area contributed by atoms with E-state index >= 15 is 0 Å². The summed E-state index contributed by atoms with van der Waals surface area (Å²) in [5.74, 6) is -0.785. The van der Waals surface area contributed by atoms with Gasteiger partial charge in [-0.15, -0.1) is 0 Å². The Balaban J connectivity index is 1.77. The van der Waals surface area contributed by atoms with Crippen molar-refractivity contribution in [2.24, 2.45) is 0 Å². The van der Waals surface area contributed by atoms with Crippen molar-refractivity contribution in [1.29, 1.82) is 0 Å². The van der Waals surface area contributed by atoms with E-state index < -0.39 is 28.5 Å². The van der Waals surface area contributed by atoms with Crippen molar-refractivity contribution >= 4 is 43.5 Å². The zero-order valence-electron chi connectivity index (χ0n) is 23.4. The Morgan fingerprint density at radius 3 is 2.02 bits per heavy atom. The van der Waals surface area contributed by atoms with Crippen LogP contribution in [-0.4, -0.2) is 44.3 Å².